The summed E-state index contributed by atoms with van der Waals surface area (Å²) in [5.74, 6) is 1.61. The average molecular weight is 365 g/mol. The molecule has 0 bridgehead atoms. The molecule has 2 heterocycles. The zero-order chi connectivity index (χ0) is 18.6. The van der Waals surface area contributed by atoms with Crippen LogP contribution in [0.1, 0.15) is 11.4 Å². The third-order valence-corrected chi connectivity index (χ3v) is 4.50. The highest BCUT2D eigenvalue weighted by Crippen LogP contribution is 2.36. The van der Waals surface area contributed by atoms with Crippen molar-refractivity contribution in [1.82, 2.24) is 25.5 Å². The third-order valence-electron chi connectivity index (χ3n) is 4.50. The van der Waals surface area contributed by atoms with Crippen molar-refractivity contribution < 1.29 is 14.3 Å². The number of rotatable bonds is 5. The third kappa shape index (κ3) is 3.46. The van der Waals surface area contributed by atoms with Crippen LogP contribution < -0.4 is 14.8 Å². The molecule has 1 atom stereocenters. The number of benzene rings is 2. The molecule has 27 heavy (non-hydrogen) atoms. The minimum atomic E-state index is -0.273. The Balaban J connectivity index is 1.42. The fourth-order valence-electron chi connectivity index (χ4n) is 3.12. The van der Waals surface area contributed by atoms with E-state index in [9.17, 15) is 4.79 Å². The maximum atomic E-state index is 12.6. The van der Waals surface area contributed by atoms with Crippen molar-refractivity contribution in [3.8, 4) is 17.2 Å². The first-order valence-electron chi connectivity index (χ1n) is 8.65. The van der Waals surface area contributed by atoms with Gasteiger partial charge in [-0.3, -0.25) is 4.79 Å². The molecular weight excluding hydrogens is 346 g/mol. The van der Waals surface area contributed by atoms with Crippen LogP contribution in [-0.2, 0) is 17.8 Å². The number of para-hydroxylation sites is 2. The number of nitrogens with one attached hydrogen (secondary N) is 1. The van der Waals surface area contributed by atoms with Crippen molar-refractivity contribution in [2.24, 2.45) is 5.92 Å². The van der Waals surface area contributed by atoms with Crippen LogP contribution in [-0.4, -0.2) is 39.8 Å². The van der Waals surface area contributed by atoms with Crippen molar-refractivity contribution in [1.29, 1.82) is 0 Å². The van der Waals surface area contributed by atoms with E-state index >= 15 is 0 Å². The minimum Gasteiger partial charge on any atom is -0.493 e. The van der Waals surface area contributed by atoms with Gasteiger partial charge in [0.1, 0.15) is 6.61 Å². The Labute approximate surface area is 156 Å². The molecule has 0 fully saturated rings. The Morgan fingerprint density at radius 3 is 2.93 bits per heavy atom. The van der Waals surface area contributed by atoms with E-state index in [-0.39, 0.29) is 18.4 Å². The van der Waals surface area contributed by atoms with E-state index in [4.69, 9.17) is 9.47 Å². The number of amides is 1. The van der Waals surface area contributed by atoms with Crippen molar-refractivity contribution in [2.75, 3.05) is 13.7 Å². The molecule has 8 nitrogen and oxygen atoms in total. The number of tetrazole rings is 1. The van der Waals surface area contributed by atoms with Gasteiger partial charge in [0.05, 0.1) is 25.3 Å². The second-order valence-electron chi connectivity index (χ2n) is 6.22. The number of methoxy groups -OCH3 is 1. The zero-order valence-electron chi connectivity index (χ0n) is 14.8. The normalized spacial score (nSPS) is 15.5. The van der Waals surface area contributed by atoms with Crippen LogP contribution in [0, 0.1) is 5.92 Å². The van der Waals surface area contributed by atoms with E-state index in [1.54, 1.807) is 11.8 Å². The van der Waals surface area contributed by atoms with Crippen molar-refractivity contribution in [3.63, 3.8) is 0 Å². The summed E-state index contributed by atoms with van der Waals surface area (Å²) < 4.78 is 12.7. The van der Waals surface area contributed by atoms with Gasteiger partial charge in [-0.1, -0.05) is 30.3 Å². The Bertz CT molecular complexity index is 942. The molecule has 0 unspecified atom stereocenters. The van der Waals surface area contributed by atoms with Crippen molar-refractivity contribution in [3.05, 3.63) is 59.9 Å². The van der Waals surface area contributed by atoms with Gasteiger partial charge in [-0.05, 0) is 40.6 Å². The molecule has 0 radical (unpaired) electrons. The van der Waals surface area contributed by atoms with Crippen LogP contribution in [0.5, 0.6) is 11.5 Å². The van der Waals surface area contributed by atoms with Gasteiger partial charge in [0, 0.05) is 0 Å². The number of nitrogens with zero attached hydrogens (tertiary/aromatic N) is 4. The maximum absolute atomic E-state index is 12.6. The van der Waals surface area contributed by atoms with Gasteiger partial charge >= 0.3 is 0 Å². The second kappa shape index (κ2) is 7.45. The Kier molecular flexibility index (Phi) is 4.69. The summed E-state index contributed by atoms with van der Waals surface area (Å²) in [6.07, 6.45) is 0.599. The van der Waals surface area contributed by atoms with Gasteiger partial charge in [-0.25, -0.2) is 0 Å². The van der Waals surface area contributed by atoms with E-state index < -0.39 is 0 Å². The lowest BCUT2D eigenvalue weighted by Gasteiger charge is -2.25. The summed E-state index contributed by atoms with van der Waals surface area (Å²) in [6, 6.07) is 15.2. The second-order valence-corrected chi connectivity index (χ2v) is 6.22. The summed E-state index contributed by atoms with van der Waals surface area (Å²) in [5.41, 5.74) is 1.81. The van der Waals surface area contributed by atoms with Gasteiger partial charge in [-0.2, -0.15) is 4.68 Å². The minimum absolute atomic E-state index is 0.0916. The Morgan fingerprint density at radius 1 is 1.26 bits per heavy atom. The molecular formula is C19H19N5O3. The maximum Gasteiger partial charge on any atom is 0.227 e. The van der Waals surface area contributed by atoms with Crippen molar-refractivity contribution in [2.45, 2.75) is 13.0 Å². The lowest BCUT2D eigenvalue weighted by Crippen LogP contribution is -2.37. The number of aromatic nitrogens is 4. The van der Waals surface area contributed by atoms with Gasteiger partial charge in [0.15, 0.2) is 17.3 Å². The number of carbonyl (C=O) groups excluding carboxylic acids is 1. The molecule has 1 aliphatic heterocycles. The molecule has 4 rings (SSSR count). The molecule has 1 amide bonds. The molecule has 0 saturated heterocycles. The Hall–Kier alpha value is -3.42. The first-order chi connectivity index (χ1) is 13.3. The van der Waals surface area contributed by atoms with Crippen LogP contribution in [0.15, 0.2) is 48.5 Å². The van der Waals surface area contributed by atoms with E-state index in [2.05, 4.69) is 20.8 Å². The highest BCUT2D eigenvalue weighted by molar-refractivity contribution is 5.79. The molecule has 0 spiro atoms. The van der Waals surface area contributed by atoms with E-state index in [1.807, 2.05) is 48.5 Å². The van der Waals surface area contributed by atoms with E-state index in [0.717, 1.165) is 17.0 Å². The number of ether oxygens (including phenoxy) is 2. The van der Waals surface area contributed by atoms with Gasteiger partial charge < -0.3 is 14.8 Å². The molecule has 1 aromatic heterocycles. The van der Waals surface area contributed by atoms with Gasteiger partial charge in [0.2, 0.25) is 5.91 Å². The number of fused-ring (bicyclic) bond motifs is 1. The summed E-state index contributed by atoms with van der Waals surface area (Å²) in [4.78, 5) is 12.6. The fraction of sp³-hybridized carbons (Fsp3) is 0.263. The molecule has 8 heteroatoms. The van der Waals surface area contributed by atoms with Crippen LogP contribution in [0.25, 0.3) is 5.69 Å². The molecule has 0 saturated carbocycles. The summed E-state index contributed by atoms with van der Waals surface area (Å²) in [6.45, 7) is 0.547. The number of hydrogen-bond donors (Lipinski definition) is 1. The predicted molar refractivity (Wildman–Crippen MR) is 96.7 cm³/mol. The molecule has 0 aliphatic carbocycles. The SMILES string of the molecule is COc1cccc2c1OC[C@@H](C(=O)NCc1nnnn1-c1ccccc1)C2. The lowest BCUT2D eigenvalue weighted by molar-refractivity contribution is -0.126. The van der Waals surface area contributed by atoms with Gasteiger partial charge in [0.25, 0.3) is 0 Å². The van der Waals surface area contributed by atoms with Crippen molar-refractivity contribution >= 4 is 5.91 Å². The largest absolute Gasteiger partial charge is 0.493 e. The standard InChI is InChI=1S/C19H19N5O3/c1-26-16-9-5-6-13-10-14(12-27-18(13)16)19(25)20-11-17-21-22-23-24(17)15-7-3-2-4-8-15/h2-9,14H,10-12H2,1H3,(H,20,25)/t14-/m0/s1. The van der Waals surface area contributed by atoms with Crippen LogP contribution in [0.4, 0.5) is 0 Å². The first-order valence-corrected chi connectivity index (χ1v) is 8.65. The highest BCUT2D eigenvalue weighted by atomic mass is 16.5. The van der Waals surface area contributed by atoms with E-state index in [0.29, 0.717) is 24.6 Å². The van der Waals surface area contributed by atoms with E-state index in [1.165, 1.54) is 0 Å². The average Bonchev–Trinajstić information content (AvgIpc) is 3.20. The number of carbonyl (C=O) groups is 1. The zero-order valence-corrected chi connectivity index (χ0v) is 14.8. The van der Waals surface area contributed by atoms with Gasteiger partial charge in [-0.15, -0.1) is 5.10 Å². The summed E-state index contributed by atoms with van der Waals surface area (Å²) in [7, 11) is 1.61. The summed E-state index contributed by atoms with van der Waals surface area (Å²) >= 11 is 0. The molecule has 138 valence electrons. The predicted octanol–water partition coefficient (Wildman–Crippen LogP) is 1.54. The molecule has 3 aromatic rings. The Morgan fingerprint density at radius 2 is 2.11 bits per heavy atom. The van der Waals surface area contributed by atoms with Crippen LogP contribution in [0.2, 0.25) is 0 Å². The van der Waals surface area contributed by atoms with Crippen LogP contribution in [0.3, 0.4) is 0 Å². The molecule has 2 aromatic carbocycles. The summed E-state index contributed by atoms with van der Waals surface area (Å²) in [5, 5.41) is 14.6. The quantitative estimate of drug-likeness (QED) is 0.737. The lowest BCUT2D eigenvalue weighted by atomic mass is 9.95. The fourth-order valence-corrected chi connectivity index (χ4v) is 3.12. The molecule has 1 aliphatic rings. The highest BCUT2D eigenvalue weighted by Gasteiger charge is 2.28. The monoisotopic (exact) mass is 365 g/mol. The number of hydrogen-bond acceptors (Lipinski definition) is 6. The smallest absolute Gasteiger partial charge is 0.227 e. The first kappa shape index (κ1) is 17.0. The topological polar surface area (TPSA) is 91.2 Å². The van der Waals surface area contributed by atoms with Crippen LogP contribution >= 0.6 is 0 Å². The molecule has 1 N–H and O–H groups in total.